The number of para-hydroxylation sites is 2. The molecule has 0 radical (unpaired) electrons. The molecule has 0 aliphatic heterocycles. The van der Waals surface area contributed by atoms with Gasteiger partial charge in [-0.15, -0.1) is 0 Å². The maximum atomic E-state index is 9.58. The highest BCUT2D eigenvalue weighted by atomic mass is 31.2. The molecule has 0 fully saturated rings. The summed E-state index contributed by atoms with van der Waals surface area (Å²) in [5.41, 5.74) is 3.92. The van der Waals surface area contributed by atoms with Gasteiger partial charge in [0.1, 0.15) is 11.5 Å². The summed E-state index contributed by atoms with van der Waals surface area (Å²) in [4.78, 5) is 21.6. The highest BCUT2D eigenvalue weighted by Crippen LogP contribution is 2.36. The first kappa shape index (κ1) is 39.7. The lowest BCUT2D eigenvalue weighted by molar-refractivity contribution is 0.275. The van der Waals surface area contributed by atoms with Gasteiger partial charge in [0.05, 0.1) is 0 Å². The van der Waals surface area contributed by atoms with Crippen molar-refractivity contribution in [1.82, 2.24) is 0 Å². The molecule has 0 heterocycles. The Kier molecular flexibility index (Phi) is 12.1. The number of rotatable bonds is 6. The van der Waals surface area contributed by atoms with Crippen molar-refractivity contribution >= 4 is 58.2 Å². The van der Waals surface area contributed by atoms with Gasteiger partial charge in [0, 0.05) is 11.1 Å². The van der Waals surface area contributed by atoms with Crippen LogP contribution in [0.5, 0.6) is 11.5 Å². The Hall–Kier alpha value is -6.57. The van der Waals surface area contributed by atoms with Crippen LogP contribution in [-0.2, 0) is 4.57 Å². The van der Waals surface area contributed by atoms with Crippen molar-refractivity contribution in [2.45, 2.75) is 0 Å². The van der Waals surface area contributed by atoms with Crippen LogP contribution in [0.2, 0.25) is 0 Å². The molecule has 0 aliphatic carbocycles. The van der Waals surface area contributed by atoms with E-state index in [0.717, 1.165) is 0 Å². The molecule has 286 valence electrons. The first-order chi connectivity index (χ1) is 28.2. The zero-order chi connectivity index (χ0) is 40.5. The fourth-order valence-corrected chi connectivity index (χ4v) is 12.7. The Bertz CT molecular complexity index is 2670. The van der Waals surface area contributed by atoms with Crippen molar-refractivity contribution in [3.63, 3.8) is 0 Å². The third kappa shape index (κ3) is 8.55. The Morgan fingerprint density at radius 2 is 0.690 bits per heavy atom. The zero-order valence-corrected chi connectivity index (χ0v) is 33.3. The van der Waals surface area contributed by atoms with Crippen molar-refractivity contribution in [3.05, 3.63) is 218 Å². The molecule has 9 aromatic rings. The molecule has 0 unspecified atom stereocenters. The molecule has 0 aromatic heterocycles. The number of benzene rings is 9. The molecular formula is C50H41O6PSi. The monoisotopic (exact) mass is 796 g/mol. The van der Waals surface area contributed by atoms with Crippen LogP contribution in [-0.4, -0.2) is 33.0 Å². The van der Waals surface area contributed by atoms with E-state index in [1.807, 2.05) is 12.1 Å². The zero-order valence-electron chi connectivity index (χ0n) is 31.4. The third-order valence-corrected chi connectivity index (χ3v) is 14.9. The summed E-state index contributed by atoms with van der Waals surface area (Å²) in [6.45, 7) is 0. The van der Waals surface area contributed by atoms with E-state index >= 15 is 0 Å². The predicted octanol–water partition coefficient (Wildman–Crippen LogP) is 8.87. The van der Waals surface area contributed by atoms with E-state index < -0.39 is 15.9 Å². The summed E-state index contributed by atoms with van der Waals surface area (Å²) < 4.78 is 8.88. The van der Waals surface area contributed by atoms with Crippen molar-refractivity contribution in [2.75, 3.05) is 0 Å². The van der Waals surface area contributed by atoms with E-state index in [-0.39, 0.29) is 11.5 Å². The van der Waals surface area contributed by atoms with Crippen LogP contribution >= 0.6 is 7.82 Å². The van der Waals surface area contributed by atoms with E-state index in [1.54, 1.807) is 36.4 Å². The molecular weight excluding hydrogens is 756 g/mol. The summed E-state index contributed by atoms with van der Waals surface area (Å²) in [5.74, 6) is 0.350. The van der Waals surface area contributed by atoms with Gasteiger partial charge in [-0.2, -0.15) is 0 Å². The minimum absolute atomic E-state index is 0.175. The van der Waals surface area contributed by atoms with Crippen molar-refractivity contribution in [2.24, 2.45) is 0 Å². The lowest BCUT2D eigenvalue weighted by Crippen LogP contribution is -2.75. The summed E-state index contributed by atoms with van der Waals surface area (Å²) in [6, 6.07) is 76.6. The molecule has 0 amide bonds. The quantitative estimate of drug-likeness (QED) is 0.0652. The van der Waals surface area contributed by atoms with Crippen LogP contribution < -0.4 is 20.7 Å². The number of phenolic OH excluding ortho intramolecular Hbond substituents is 2. The van der Waals surface area contributed by atoms with Gasteiger partial charge in [0.2, 0.25) is 0 Å². The molecule has 9 rings (SSSR count). The minimum Gasteiger partial charge on any atom is -0.507 e. The van der Waals surface area contributed by atoms with Gasteiger partial charge < -0.3 is 24.9 Å². The average molecular weight is 797 g/mol. The smallest absolute Gasteiger partial charge is 0.466 e. The van der Waals surface area contributed by atoms with Gasteiger partial charge in [-0.05, 0) is 65.6 Å². The first-order valence-corrected chi connectivity index (χ1v) is 22.2. The van der Waals surface area contributed by atoms with Gasteiger partial charge in [-0.1, -0.05) is 206 Å². The van der Waals surface area contributed by atoms with E-state index in [2.05, 4.69) is 170 Å². The Morgan fingerprint density at radius 1 is 0.345 bits per heavy atom. The molecule has 0 atom stereocenters. The van der Waals surface area contributed by atoms with E-state index in [9.17, 15) is 10.2 Å². The molecule has 5 N–H and O–H groups in total. The van der Waals surface area contributed by atoms with Crippen molar-refractivity contribution < 1.29 is 29.5 Å². The van der Waals surface area contributed by atoms with Gasteiger partial charge in [0.15, 0.2) is 8.07 Å². The van der Waals surface area contributed by atoms with Crippen molar-refractivity contribution in [3.8, 4) is 33.8 Å². The maximum absolute atomic E-state index is 9.58. The molecule has 0 saturated heterocycles. The normalized spacial score (nSPS) is 11.2. The standard InChI is InChI=1S/C38H28Si.C12H10O2.H3O4P/c1-4-18-31(19-5-1)39(32-20-6-2-7-21-32,33-22-8-3-9-23-33)37-28-27-30-16-11-13-25-35(30)38(37)36-26-14-17-29-15-10-12-24-34(29)36;13-11-7-3-1-5-9(11)10-6-2-4-8-12(10)14;1-5(2,3)4/h1-28H;1-8,13-14H;(H3,1,2,3,4). The topological polar surface area (TPSA) is 118 Å². The maximum Gasteiger partial charge on any atom is 0.466 e. The number of hydrogen-bond donors (Lipinski definition) is 5. The lowest BCUT2D eigenvalue weighted by Gasteiger charge is -2.36. The second-order valence-corrected chi connectivity index (χ2v) is 18.4. The third-order valence-electron chi connectivity index (χ3n) is 10.1. The second-order valence-electron chi connectivity index (χ2n) is 13.6. The van der Waals surface area contributed by atoms with Crippen LogP contribution in [0.3, 0.4) is 0 Å². The molecule has 58 heavy (non-hydrogen) atoms. The fraction of sp³-hybridized carbons (Fsp3) is 0. The first-order valence-electron chi connectivity index (χ1n) is 18.7. The number of aromatic hydroxyl groups is 2. The van der Waals surface area contributed by atoms with Crippen LogP contribution in [0.25, 0.3) is 43.8 Å². The van der Waals surface area contributed by atoms with E-state index in [0.29, 0.717) is 11.1 Å². The highest BCUT2D eigenvalue weighted by molar-refractivity contribution is 7.45. The molecule has 8 heteroatoms. The molecule has 0 bridgehead atoms. The van der Waals surface area contributed by atoms with Gasteiger partial charge >= 0.3 is 7.82 Å². The number of phenols is 2. The SMILES string of the molecule is O=P(O)(O)O.Oc1ccccc1-c1ccccc1O.c1ccc([Si](c2ccccc2)(c2ccccc2)c2ccc3ccccc3c2-c2cccc3ccccc23)cc1. The van der Waals surface area contributed by atoms with Crippen LogP contribution in [0.4, 0.5) is 0 Å². The Balaban J connectivity index is 0.000000223. The minimum atomic E-state index is -4.64. The summed E-state index contributed by atoms with van der Waals surface area (Å²) in [7, 11) is -7.37. The average Bonchev–Trinajstić information content (AvgIpc) is 3.25. The number of phosphoric acid groups is 1. The van der Waals surface area contributed by atoms with Gasteiger partial charge in [-0.3, -0.25) is 0 Å². The summed E-state index contributed by atoms with van der Waals surface area (Å²) in [6.07, 6.45) is 0. The molecule has 0 aliphatic rings. The van der Waals surface area contributed by atoms with Gasteiger partial charge in [0.25, 0.3) is 0 Å². The molecule has 9 aromatic carbocycles. The number of fused-ring (bicyclic) bond motifs is 2. The fourth-order valence-electron chi connectivity index (χ4n) is 7.75. The van der Waals surface area contributed by atoms with Crippen molar-refractivity contribution in [1.29, 1.82) is 0 Å². The Morgan fingerprint density at radius 3 is 1.16 bits per heavy atom. The lowest BCUT2D eigenvalue weighted by atomic mass is 9.94. The van der Waals surface area contributed by atoms with E-state index in [4.69, 9.17) is 19.2 Å². The molecule has 0 spiro atoms. The summed E-state index contributed by atoms with van der Waals surface area (Å²) in [5, 5.41) is 29.8. The van der Waals surface area contributed by atoms with E-state index in [1.165, 1.54) is 53.4 Å². The number of hydrogen-bond acceptors (Lipinski definition) is 3. The van der Waals surface area contributed by atoms with Gasteiger partial charge in [-0.25, -0.2) is 4.57 Å². The molecule has 0 saturated carbocycles. The second kappa shape index (κ2) is 17.7. The Labute approximate surface area is 338 Å². The van der Waals surface area contributed by atoms with Crippen LogP contribution in [0, 0.1) is 0 Å². The molecule has 6 nitrogen and oxygen atoms in total. The van der Waals surface area contributed by atoms with Crippen LogP contribution in [0.1, 0.15) is 0 Å². The predicted molar refractivity (Wildman–Crippen MR) is 240 cm³/mol. The highest BCUT2D eigenvalue weighted by Gasteiger charge is 2.43. The summed E-state index contributed by atoms with van der Waals surface area (Å²) >= 11 is 0. The van der Waals surface area contributed by atoms with Crippen LogP contribution in [0.15, 0.2) is 218 Å². The largest absolute Gasteiger partial charge is 0.507 e.